The van der Waals surface area contributed by atoms with E-state index in [9.17, 15) is 0 Å². The number of H-pyrrole nitrogens is 1. The van der Waals surface area contributed by atoms with Crippen LogP contribution in [0, 0.1) is 0 Å². The molecular weight excluding hydrogens is 406 g/mol. The molecule has 144 valence electrons. The molecule has 0 saturated heterocycles. The highest BCUT2D eigenvalue weighted by molar-refractivity contribution is 9.10. The van der Waals surface area contributed by atoms with E-state index >= 15 is 0 Å². The zero-order valence-electron chi connectivity index (χ0n) is 17.0. The molecule has 1 fully saturated rings. The molecule has 0 spiro atoms. The molecule has 3 aromatic carbocycles. The molecule has 1 aromatic heterocycles. The molecule has 1 saturated carbocycles. The summed E-state index contributed by atoms with van der Waals surface area (Å²) in [4.78, 5) is 3.65. The number of fused-ring (bicyclic) bond motifs is 5. The monoisotopic (exact) mass is 433 g/mol. The third-order valence-electron chi connectivity index (χ3n) is 6.61. The fourth-order valence-corrected chi connectivity index (χ4v) is 5.49. The van der Waals surface area contributed by atoms with Gasteiger partial charge in [-0.3, -0.25) is 0 Å². The van der Waals surface area contributed by atoms with Crippen molar-refractivity contribution < 1.29 is 0 Å². The van der Waals surface area contributed by atoms with Crippen molar-refractivity contribution in [2.45, 2.75) is 64.2 Å². The molecule has 1 aliphatic carbocycles. The maximum Gasteiger partial charge on any atom is 0.0609 e. The number of hydrogen-bond acceptors (Lipinski definition) is 0. The Morgan fingerprint density at radius 1 is 0.893 bits per heavy atom. The zero-order valence-corrected chi connectivity index (χ0v) is 18.6. The molecule has 1 aliphatic rings. The van der Waals surface area contributed by atoms with Crippen LogP contribution in [0.2, 0.25) is 0 Å². The minimum atomic E-state index is 0.124. The molecule has 0 amide bonds. The first kappa shape index (κ1) is 18.2. The molecule has 2 heteroatoms. The highest BCUT2D eigenvalue weighted by Gasteiger charge is 2.19. The van der Waals surface area contributed by atoms with Gasteiger partial charge in [-0.25, -0.2) is 0 Å². The Morgan fingerprint density at radius 3 is 2.43 bits per heavy atom. The molecule has 5 rings (SSSR count). The standard InChI is InChI=1S/C26H28BrN/c1-26(2,3)19-14-21-24-20-11-9-17(16-7-5-4-6-8-16)13-18(20)10-12-23(24)28-25(21)22(27)15-19/h9-16,28H,4-8H2,1-3H3. The average molecular weight is 434 g/mol. The van der Waals surface area contributed by atoms with Gasteiger partial charge >= 0.3 is 0 Å². The SMILES string of the molecule is CC(C)(C)c1cc(Br)c2[nH]c3ccc4cc(C5CCCCC5)ccc4c3c2c1. The van der Waals surface area contributed by atoms with Gasteiger partial charge in [-0.1, -0.05) is 64.3 Å². The predicted octanol–water partition coefficient (Wildman–Crippen LogP) is 8.58. The second-order valence-corrected chi connectivity index (χ2v) is 10.4. The van der Waals surface area contributed by atoms with Gasteiger partial charge in [0.1, 0.15) is 0 Å². The van der Waals surface area contributed by atoms with Crippen molar-refractivity contribution in [1.29, 1.82) is 0 Å². The summed E-state index contributed by atoms with van der Waals surface area (Å²) in [5, 5.41) is 5.41. The lowest BCUT2D eigenvalue weighted by atomic mass is 9.83. The molecule has 1 nitrogen and oxygen atoms in total. The first-order chi connectivity index (χ1) is 13.4. The Morgan fingerprint density at radius 2 is 1.68 bits per heavy atom. The summed E-state index contributed by atoms with van der Waals surface area (Å²) in [5.74, 6) is 0.749. The van der Waals surface area contributed by atoms with Gasteiger partial charge in [-0.15, -0.1) is 0 Å². The highest BCUT2D eigenvalue weighted by atomic mass is 79.9. The lowest BCUT2D eigenvalue weighted by Crippen LogP contribution is -2.10. The second-order valence-electron chi connectivity index (χ2n) is 9.56. The Labute approximate surface area is 175 Å². The van der Waals surface area contributed by atoms with Crippen molar-refractivity contribution in [3.8, 4) is 0 Å². The Hall–Kier alpha value is -1.80. The fourth-order valence-electron chi connectivity index (χ4n) is 4.93. The van der Waals surface area contributed by atoms with Crippen LogP contribution in [-0.4, -0.2) is 4.98 Å². The van der Waals surface area contributed by atoms with Gasteiger partial charge in [0.2, 0.25) is 0 Å². The van der Waals surface area contributed by atoms with Gasteiger partial charge in [-0.05, 0) is 80.2 Å². The third-order valence-corrected chi connectivity index (χ3v) is 7.23. The predicted molar refractivity (Wildman–Crippen MR) is 126 cm³/mol. The molecule has 0 radical (unpaired) electrons. The van der Waals surface area contributed by atoms with Crippen LogP contribution in [0.15, 0.2) is 46.9 Å². The number of hydrogen-bond donors (Lipinski definition) is 1. The Balaban J connectivity index is 1.75. The first-order valence-corrected chi connectivity index (χ1v) is 11.4. The van der Waals surface area contributed by atoms with Crippen LogP contribution in [0.5, 0.6) is 0 Å². The molecule has 28 heavy (non-hydrogen) atoms. The van der Waals surface area contributed by atoms with Crippen LogP contribution >= 0.6 is 15.9 Å². The van der Waals surface area contributed by atoms with Crippen molar-refractivity contribution >= 4 is 48.5 Å². The van der Waals surface area contributed by atoms with Gasteiger partial charge in [0.25, 0.3) is 0 Å². The van der Waals surface area contributed by atoms with Crippen LogP contribution in [-0.2, 0) is 5.41 Å². The van der Waals surface area contributed by atoms with E-state index in [0.29, 0.717) is 0 Å². The maximum absolute atomic E-state index is 3.81. The van der Waals surface area contributed by atoms with Crippen molar-refractivity contribution in [2.75, 3.05) is 0 Å². The zero-order chi connectivity index (χ0) is 19.5. The van der Waals surface area contributed by atoms with Crippen LogP contribution in [0.1, 0.15) is 69.9 Å². The molecule has 1 N–H and O–H groups in total. The molecule has 1 heterocycles. The summed E-state index contributed by atoms with van der Waals surface area (Å²) in [5.41, 5.74) is 5.44. The summed E-state index contributed by atoms with van der Waals surface area (Å²) in [6.45, 7) is 6.85. The minimum absolute atomic E-state index is 0.124. The smallest absolute Gasteiger partial charge is 0.0609 e. The van der Waals surface area contributed by atoms with Crippen molar-refractivity contribution in [2.24, 2.45) is 0 Å². The number of aromatic amines is 1. The van der Waals surface area contributed by atoms with E-state index in [4.69, 9.17) is 0 Å². The van der Waals surface area contributed by atoms with E-state index < -0.39 is 0 Å². The number of rotatable bonds is 1. The molecular formula is C26H28BrN. The van der Waals surface area contributed by atoms with Crippen LogP contribution < -0.4 is 0 Å². The first-order valence-electron chi connectivity index (χ1n) is 10.6. The van der Waals surface area contributed by atoms with Crippen LogP contribution in [0.4, 0.5) is 0 Å². The number of nitrogens with one attached hydrogen (secondary N) is 1. The van der Waals surface area contributed by atoms with Gasteiger partial charge in [0.15, 0.2) is 0 Å². The quantitative estimate of drug-likeness (QED) is 0.309. The second kappa shape index (κ2) is 6.62. The van der Waals surface area contributed by atoms with Gasteiger partial charge in [-0.2, -0.15) is 0 Å². The third kappa shape index (κ3) is 2.97. The van der Waals surface area contributed by atoms with Gasteiger partial charge < -0.3 is 4.98 Å². The van der Waals surface area contributed by atoms with Crippen molar-refractivity contribution in [3.05, 3.63) is 58.1 Å². The minimum Gasteiger partial charge on any atom is -0.354 e. The number of benzene rings is 3. The van der Waals surface area contributed by atoms with Gasteiger partial charge in [0.05, 0.1) is 5.52 Å². The lowest BCUT2D eigenvalue weighted by molar-refractivity contribution is 0.444. The largest absolute Gasteiger partial charge is 0.354 e. The Kier molecular flexibility index (Phi) is 4.32. The molecule has 0 atom stereocenters. The lowest BCUT2D eigenvalue weighted by Gasteiger charge is -2.22. The number of halogens is 1. The van der Waals surface area contributed by atoms with Crippen molar-refractivity contribution in [1.82, 2.24) is 4.98 Å². The topological polar surface area (TPSA) is 15.8 Å². The van der Waals surface area contributed by atoms with Gasteiger partial charge in [0, 0.05) is 20.8 Å². The average Bonchev–Trinajstić information content (AvgIpc) is 3.07. The van der Waals surface area contributed by atoms with E-state index in [1.807, 2.05) is 0 Å². The van der Waals surface area contributed by atoms with Crippen molar-refractivity contribution in [3.63, 3.8) is 0 Å². The van der Waals surface area contributed by atoms with E-state index in [2.05, 4.69) is 84.1 Å². The highest BCUT2D eigenvalue weighted by Crippen LogP contribution is 2.40. The normalized spacial score (nSPS) is 16.4. The molecule has 0 aliphatic heterocycles. The summed E-state index contributed by atoms with van der Waals surface area (Å²) in [6, 6.07) is 16.4. The van der Waals surface area contributed by atoms with E-state index in [0.717, 1.165) is 10.4 Å². The number of aromatic nitrogens is 1. The maximum atomic E-state index is 3.81. The Bertz CT molecular complexity index is 1190. The molecule has 4 aromatic rings. The molecule has 0 bridgehead atoms. The summed E-state index contributed by atoms with van der Waals surface area (Å²) < 4.78 is 1.15. The van der Waals surface area contributed by atoms with E-state index in [1.54, 1.807) is 0 Å². The molecule has 0 unspecified atom stereocenters. The fraction of sp³-hybridized carbons (Fsp3) is 0.385. The summed E-state index contributed by atoms with van der Waals surface area (Å²) in [7, 11) is 0. The van der Waals surface area contributed by atoms with Crippen LogP contribution in [0.3, 0.4) is 0 Å². The van der Waals surface area contributed by atoms with Crippen LogP contribution in [0.25, 0.3) is 32.6 Å². The summed E-state index contributed by atoms with van der Waals surface area (Å²) in [6.07, 6.45) is 6.87. The van der Waals surface area contributed by atoms with E-state index in [-0.39, 0.29) is 5.41 Å². The van der Waals surface area contributed by atoms with E-state index in [1.165, 1.54) is 75.8 Å². The summed E-state index contributed by atoms with van der Waals surface area (Å²) >= 11 is 3.81.